The first-order chi connectivity index (χ1) is 24.1. The van der Waals surface area contributed by atoms with Gasteiger partial charge in [0.1, 0.15) is 12.6 Å². The van der Waals surface area contributed by atoms with E-state index in [0.717, 1.165) is 44.9 Å². The van der Waals surface area contributed by atoms with Gasteiger partial charge in [0.2, 0.25) is 11.8 Å². The average Bonchev–Trinajstić information content (AvgIpc) is 3.12. The van der Waals surface area contributed by atoms with E-state index in [1.807, 2.05) is 23.1 Å². The van der Waals surface area contributed by atoms with Crippen LogP contribution in [0.15, 0.2) is 54.6 Å². The van der Waals surface area contributed by atoms with Gasteiger partial charge < -0.3 is 34.4 Å². The largest absolute Gasteiger partial charge is 0.445 e. The van der Waals surface area contributed by atoms with Gasteiger partial charge in [-0.3, -0.25) is 14.2 Å². The van der Waals surface area contributed by atoms with Crippen LogP contribution in [0.3, 0.4) is 0 Å². The van der Waals surface area contributed by atoms with Crippen LogP contribution in [-0.4, -0.2) is 72.1 Å². The van der Waals surface area contributed by atoms with Gasteiger partial charge in [-0.1, -0.05) is 86.2 Å². The Morgan fingerprint density at radius 1 is 0.960 bits per heavy atom. The monoisotopic (exact) mass is 733 g/mol. The highest BCUT2D eigenvalue weighted by atomic mass is 35.5. The lowest BCUT2D eigenvalue weighted by Gasteiger charge is -2.34. The second kappa shape index (κ2) is 20.2. The molecule has 3 N–H and O–H groups in total. The number of nitrogens with one attached hydrogen (secondary N) is 2. The molecule has 11 nitrogen and oxygen atoms in total. The van der Waals surface area contributed by atoms with Gasteiger partial charge in [0.05, 0.1) is 19.3 Å². The van der Waals surface area contributed by atoms with E-state index in [-0.39, 0.29) is 50.4 Å². The third-order valence-electron chi connectivity index (χ3n) is 9.51. The zero-order valence-corrected chi connectivity index (χ0v) is 30.9. The van der Waals surface area contributed by atoms with Crippen LogP contribution in [0.2, 0.25) is 5.02 Å². The van der Waals surface area contributed by atoms with Crippen LogP contribution in [0.5, 0.6) is 0 Å². The number of aliphatic hydroxyl groups excluding tert-OH is 1. The number of hydrogen-bond acceptors (Lipinski definition) is 8. The average molecular weight is 734 g/mol. The Kier molecular flexibility index (Phi) is 16.1. The van der Waals surface area contributed by atoms with Crippen LogP contribution >= 0.6 is 19.2 Å². The maximum atomic E-state index is 14.0. The Labute approximate surface area is 301 Å². The molecule has 3 amide bonds. The number of piperidine rings is 1. The van der Waals surface area contributed by atoms with Gasteiger partial charge in [-0.15, -0.1) is 0 Å². The summed E-state index contributed by atoms with van der Waals surface area (Å²) in [5.74, 6) is -2.03. The molecule has 1 heterocycles. The van der Waals surface area contributed by atoms with Gasteiger partial charge in [-0.05, 0) is 68.7 Å². The fraction of sp³-hybridized carbons (Fsp3) is 0.595. The van der Waals surface area contributed by atoms with Crippen molar-refractivity contribution in [3.05, 3.63) is 70.7 Å². The Hall–Kier alpha value is -2.95. The van der Waals surface area contributed by atoms with Gasteiger partial charge in [-0.2, -0.15) is 0 Å². The van der Waals surface area contributed by atoms with E-state index in [1.165, 1.54) is 5.56 Å². The second-order valence-corrected chi connectivity index (χ2v) is 15.7. The summed E-state index contributed by atoms with van der Waals surface area (Å²) in [6, 6.07) is 14.9. The first-order valence-corrected chi connectivity index (χ1v) is 20.0. The van der Waals surface area contributed by atoms with E-state index >= 15 is 0 Å². The topological polar surface area (TPSA) is 144 Å². The minimum absolute atomic E-state index is 0.00686. The first-order valence-electron chi connectivity index (χ1n) is 18.0. The highest BCUT2D eigenvalue weighted by Gasteiger charge is 2.42. The molecule has 2 aliphatic rings. The normalized spacial score (nSPS) is 18.9. The molecule has 1 aliphatic heterocycles. The van der Waals surface area contributed by atoms with Crippen molar-refractivity contribution < 1.29 is 37.8 Å². The molecule has 276 valence electrons. The predicted molar refractivity (Wildman–Crippen MR) is 193 cm³/mol. The molecule has 2 fully saturated rings. The van der Waals surface area contributed by atoms with Crippen molar-refractivity contribution in [2.24, 2.45) is 5.92 Å². The number of ether oxygens (including phenoxy) is 1. The number of nitrogens with zero attached hydrogens (tertiary/aromatic N) is 1. The molecule has 1 saturated heterocycles. The summed E-state index contributed by atoms with van der Waals surface area (Å²) >= 11 is 6.07. The summed E-state index contributed by atoms with van der Waals surface area (Å²) < 4.78 is 30.1. The number of amides is 3. The molecule has 4 rings (SSSR count). The van der Waals surface area contributed by atoms with Gasteiger partial charge >= 0.3 is 13.7 Å². The molecule has 13 heteroatoms. The van der Waals surface area contributed by atoms with Crippen LogP contribution in [0.1, 0.15) is 95.1 Å². The number of likely N-dealkylation sites (tertiary alicyclic amines) is 1. The van der Waals surface area contributed by atoms with Gasteiger partial charge in [-0.25, -0.2) is 4.79 Å². The number of aliphatic hydroxyl groups is 1. The number of benzene rings is 2. The summed E-state index contributed by atoms with van der Waals surface area (Å²) in [6.07, 6.45) is 6.45. The molecule has 50 heavy (non-hydrogen) atoms. The number of halogens is 1. The Morgan fingerprint density at radius 2 is 1.68 bits per heavy atom. The van der Waals surface area contributed by atoms with Crippen molar-refractivity contribution >= 4 is 37.1 Å². The molecule has 1 aliphatic carbocycles. The van der Waals surface area contributed by atoms with Crippen LogP contribution < -0.4 is 10.6 Å². The lowest BCUT2D eigenvalue weighted by atomic mass is 9.84. The molecule has 0 bridgehead atoms. The highest BCUT2D eigenvalue weighted by molar-refractivity contribution is 7.54. The van der Waals surface area contributed by atoms with E-state index in [0.29, 0.717) is 30.1 Å². The fourth-order valence-corrected chi connectivity index (χ4v) is 8.91. The van der Waals surface area contributed by atoms with Crippen LogP contribution in [0.4, 0.5) is 4.79 Å². The third kappa shape index (κ3) is 12.1. The third-order valence-corrected chi connectivity index (χ3v) is 12.0. The highest BCUT2D eigenvalue weighted by Crippen LogP contribution is 2.53. The summed E-state index contributed by atoms with van der Waals surface area (Å²) in [7, 11) is -4.11. The molecule has 0 spiro atoms. The predicted octanol–water partition coefficient (Wildman–Crippen LogP) is 7.16. The molecule has 4 atom stereocenters. The van der Waals surface area contributed by atoms with Crippen LogP contribution in [-0.2, 0) is 34.5 Å². The summed E-state index contributed by atoms with van der Waals surface area (Å²) in [5, 5.41) is 17.6. The maximum absolute atomic E-state index is 14.0. The minimum atomic E-state index is -4.11. The van der Waals surface area contributed by atoms with Crippen molar-refractivity contribution in [3.8, 4) is 0 Å². The molecule has 2 aromatic rings. The smallest absolute Gasteiger partial charge is 0.408 e. The van der Waals surface area contributed by atoms with Gasteiger partial charge in [0.25, 0.3) is 0 Å². The number of carbonyl (C=O) groups is 3. The quantitative estimate of drug-likeness (QED) is 0.145. The van der Waals surface area contributed by atoms with E-state index in [1.54, 1.807) is 38.1 Å². The Morgan fingerprint density at radius 3 is 2.36 bits per heavy atom. The lowest BCUT2D eigenvalue weighted by Crippen LogP contribution is -2.53. The van der Waals surface area contributed by atoms with Crippen molar-refractivity contribution in [1.29, 1.82) is 0 Å². The molecule has 1 saturated carbocycles. The van der Waals surface area contributed by atoms with Crippen molar-refractivity contribution in [2.75, 3.05) is 26.3 Å². The Bertz CT molecular complexity index is 1420. The molecule has 0 aromatic heterocycles. The molecule has 0 radical (unpaired) electrons. The Balaban J connectivity index is 1.48. The van der Waals surface area contributed by atoms with Gasteiger partial charge in [0, 0.05) is 30.5 Å². The van der Waals surface area contributed by atoms with E-state index < -0.39 is 37.5 Å². The summed E-state index contributed by atoms with van der Waals surface area (Å²) in [6.45, 7) is 4.43. The molecular weight excluding hydrogens is 681 g/mol. The van der Waals surface area contributed by atoms with Crippen LogP contribution in [0, 0.1) is 5.92 Å². The zero-order chi connectivity index (χ0) is 35.9. The van der Waals surface area contributed by atoms with Crippen molar-refractivity contribution in [3.63, 3.8) is 0 Å². The maximum Gasteiger partial charge on any atom is 0.408 e. The van der Waals surface area contributed by atoms with Crippen LogP contribution in [0.25, 0.3) is 0 Å². The standard InChI is InChI=1S/C37H53ClN3O8P/c1-3-48-50(46,49-4-2)36(44)32(20-21-34(42)41-22-12-18-30(25-41)29-16-9-6-10-17-29)39-35(43)33(24-27-13-7-5-8-14-27)40-37(45)47-26-28-15-11-19-31(38)23-28/h6,9-11,15-17,19,23,27,30,32-33,36,44H,3-5,7-8,12-14,18,20-22,24-26H2,1-2H3,(H,39,43)(H,40,45)/t30?,32-,33-,36?/m0/s1. The second-order valence-electron chi connectivity index (χ2n) is 13.2. The van der Waals surface area contributed by atoms with E-state index in [2.05, 4.69) is 22.8 Å². The number of carbonyl (C=O) groups excluding carboxylic acids is 3. The molecule has 2 aromatic carbocycles. The van der Waals surface area contributed by atoms with Gasteiger partial charge in [0.15, 0.2) is 5.85 Å². The number of hydrogen-bond donors (Lipinski definition) is 3. The van der Waals surface area contributed by atoms with E-state index in [9.17, 15) is 24.1 Å². The molecule has 2 unspecified atom stereocenters. The number of alkyl carbamates (subject to hydrolysis) is 1. The van der Waals surface area contributed by atoms with Crippen molar-refractivity contribution in [1.82, 2.24) is 15.5 Å². The zero-order valence-electron chi connectivity index (χ0n) is 29.3. The van der Waals surface area contributed by atoms with E-state index in [4.69, 9.17) is 25.4 Å². The van der Waals surface area contributed by atoms with Crippen molar-refractivity contribution in [2.45, 2.75) is 109 Å². The lowest BCUT2D eigenvalue weighted by molar-refractivity contribution is -0.133. The summed E-state index contributed by atoms with van der Waals surface area (Å²) in [5.41, 5.74) is 1.88. The summed E-state index contributed by atoms with van der Waals surface area (Å²) in [4.78, 5) is 42.4. The minimum Gasteiger partial charge on any atom is -0.445 e. The fourth-order valence-electron chi connectivity index (χ4n) is 6.93. The SMILES string of the molecule is CCOP(=O)(OCC)C(O)[C@H](CCC(=O)N1CCCC(c2ccccc2)C1)NC(=O)[C@H](CC1CCCCC1)NC(=O)OCc1cccc(Cl)c1. The number of rotatable bonds is 17. The molecular formula is C37H53ClN3O8P. The first kappa shape index (κ1) is 39.8.